The summed E-state index contributed by atoms with van der Waals surface area (Å²) in [6, 6.07) is 12.3. The average molecular weight is 365 g/mol. The van der Waals surface area contributed by atoms with E-state index in [-0.39, 0.29) is 17.8 Å². The Bertz CT molecular complexity index is 945. The third-order valence-electron chi connectivity index (χ3n) is 4.86. The second-order valence-corrected chi connectivity index (χ2v) is 6.68. The molecular weight excluding hydrogens is 342 g/mol. The SMILES string of the molecule is CCC(=O)C1=C(O)C(=O)N(c2cc(C)ccc2C)C1c1cccc(OC)c1. The van der Waals surface area contributed by atoms with Crippen molar-refractivity contribution in [3.05, 3.63) is 70.5 Å². The van der Waals surface area contributed by atoms with Crippen LogP contribution in [0.25, 0.3) is 0 Å². The van der Waals surface area contributed by atoms with Gasteiger partial charge in [-0.05, 0) is 48.7 Å². The van der Waals surface area contributed by atoms with Gasteiger partial charge in [0.15, 0.2) is 11.5 Å². The minimum Gasteiger partial charge on any atom is -0.503 e. The number of anilines is 1. The average Bonchev–Trinajstić information content (AvgIpc) is 2.94. The van der Waals surface area contributed by atoms with Crippen molar-refractivity contribution >= 4 is 17.4 Å². The normalized spacial score (nSPS) is 16.8. The molecule has 5 heteroatoms. The lowest BCUT2D eigenvalue weighted by molar-refractivity contribution is -0.118. The van der Waals surface area contributed by atoms with Crippen LogP contribution in [-0.4, -0.2) is 23.9 Å². The zero-order valence-electron chi connectivity index (χ0n) is 15.9. The van der Waals surface area contributed by atoms with Crippen LogP contribution in [0.3, 0.4) is 0 Å². The Morgan fingerprint density at radius 2 is 1.93 bits per heavy atom. The van der Waals surface area contributed by atoms with E-state index in [0.717, 1.165) is 11.1 Å². The molecule has 0 spiro atoms. The fraction of sp³-hybridized carbons (Fsp3) is 0.273. The van der Waals surface area contributed by atoms with Gasteiger partial charge < -0.3 is 9.84 Å². The van der Waals surface area contributed by atoms with Crippen LogP contribution in [0, 0.1) is 13.8 Å². The molecule has 0 saturated heterocycles. The highest BCUT2D eigenvalue weighted by atomic mass is 16.5. The van der Waals surface area contributed by atoms with Gasteiger partial charge in [0.2, 0.25) is 0 Å². The van der Waals surface area contributed by atoms with Crippen LogP contribution in [0.1, 0.15) is 36.1 Å². The summed E-state index contributed by atoms with van der Waals surface area (Å²) >= 11 is 0. The highest BCUT2D eigenvalue weighted by molar-refractivity contribution is 6.16. The molecule has 1 atom stereocenters. The number of rotatable bonds is 5. The molecule has 140 valence electrons. The molecule has 0 fully saturated rings. The fourth-order valence-electron chi connectivity index (χ4n) is 3.43. The maximum absolute atomic E-state index is 13.0. The van der Waals surface area contributed by atoms with E-state index in [2.05, 4.69) is 0 Å². The summed E-state index contributed by atoms with van der Waals surface area (Å²) in [5.74, 6) is -0.666. The van der Waals surface area contributed by atoms with E-state index in [1.165, 1.54) is 4.90 Å². The van der Waals surface area contributed by atoms with Crippen molar-refractivity contribution < 1.29 is 19.4 Å². The number of benzene rings is 2. The smallest absolute Gasteiger partial charge is 0.294 e. The number of carbonyl (C=O) groups is 2. The Morgan fingerprint density at radius 3 is 2.59 bits per heavy atom. The number of methoxy groups -OCH3 is 1. The van der Waals surface area contributed by atoms with E-state index in [1.807, 2.05) is 44.2 Å². The first-order valence-electron chi connectivity index (χ1n) is 8.90. The molecule has 2 aromatic rings. The third-order valence-corrected chi connectivity index (χ3v) is 4.86. The first-order valence-corrected chi connectivity index (χ1v) is 8.90. The Labute approximate surface area is 158 Å². The number of carbonyl (C=O) groups excluding carboxylic acids is 2. The van der Waals surface area contributed by atoms with Gasteiger partial charge in [-0.2, -0.15) is 0 Å². The lowest BCUT2D eigenvalue weighted by Gasteiger charge is -2.28. The topological polar surface area (TPSA) is 66.8 Å². The number of amides is 1. The molecule has 1 aliphatic rings. The predicted molar refractivity (Wildman–Crippen MR) is 104 cm³/mol. The van der Waals surface area contributed by atoms with E-state index >= 15 is 0 Å². The third kappa shape index (κ3) is 3.21. The summed E-state index contributed by atoms with van der Waals surface area (Å²) in [5, 5.41) is 10.5. The van der Waals surface area contributed by atoms with Crippen molar-refractivity contribution in [2.24, 2.45) is 0 Å². The molecule has 1 N–H and O–H groups in total. The quantitative estimate of drug-likeness (QED) is 0.863. The first-order chi connectivity index (χ1) is 12.9. The van der Waals surface area contributed by atoms with E-state index in [9.17, 15) is 14.7 Å². The van der Waals surface area contributed by atoms with Crippen LogP contribution in [0.2, 0.25) is 0 Å². The molecule has 0 aliphatic carbocycles. The zero-order valence-corrected chi connectivity index (χ0v) is 15.9. The van der Waals surface area contributed by atoms with Crippen LogP contribution in [0.15, 0.2) is 53.8 Å². The number of hydrogen-bond acceptors (Lipinski definition) is 4. The molecule has 2 aromatic carbocycles. The summed E-state index contributed by atoms with van der Waals surface area (Å²) in [6.45, 7) is 5.56. The second-order valence-electron chi connectivity index (χ2n) is 6.68. The van der Waals surface area contributed by atoms with Crippen molar-refractivity contribution in [2.45, 2.75) is 33.2 Å². The maximum atomic E-state index is 13.0. The van der Waals surface area contributed by atoms with E-state index < -0.39 is 17.7 Å². The monoisotopic (exact) mass is 365 g/mol. The Balaban J connectivity index is 2.24. The van der Waals surface area contributed by atoms with E-state index in [4.69, 9.17) is 4.74 Å². The lowest BCUT2D eigenvalue weighted by Crippen LogP contribution is -2.31. The maximum Gasteiger partial charge on any atom is 0.294 e. The van der Waals surface area contributed by atoms with Gasteiger partial charge in [-0.3, -0.25) is 14.5 Å². The lowest BCUT2D eigenvalue weighted by atomic mass is 9.94. The minimum absolute atomic E-state index is 0.136. The molecule has 0 saturated carbocycles. The first kappa shape index (κ1) is 18.7. The van der Waals surface area contributed by atoms with Gasteiger partial charge in [0, 0.05) is 12.1 Å². The Kier molecular flexibility index (Phi) is 5.04. The molecule has 27 heavy (non-hydrogen) atoms. The summed E-state index contributed by atoms with van der Waals surface area (Å²) in [4.78, 5) is 27.1. The molecule has 0 bridgehead atoms. The van der Waals surface area contributed by atoms with Crippen LogP contribution in [-0.2, 0) is 9.59 Å². The van der Waals surface area contributed by atoms with Gasteiger partial charge in [-0.15, -0.1) is 0 Å². The molecule has 0 radical (unpaired) electrons. The molecule has 3 rings (SSSR count). The second kappa shape index (κ2) is 7.27. The molecule has 0 aromatic heterocycles. The van der Waals surface area contributed by atoms with Gasteiger partial charge in [0.05, 0.1) is 18.7 Å². The molecule has 1 aliphatic heterocycles. The van der Waals surface area contributed by atoms with Crippen molar-refractivity contribution in [3.8, 4) is 5.75 Å². The number of aliphatic hydroxyl groups is 1. The molecule has 1 amide bonds. The van der Waals surface area contributed by atoms with Crippen LogP contribution in [0.5, 0.6) is 5.75 Å². The molecule has 5 nitrogen and oxygen atoms in total. The highest BCUT2D eigenvalue weighted by Gasteiger charge is 2.44. The summed E-state index contributed by atoms with van der Waals surface area (Å²) in [5.41, 5.74) is 3.40. The number of hydrogen-bond donors (Lipinski definition) is 1. The van der Waals surface area contributed by atoms with Gasteiger partial charge in [0.1, 0.15) is 5.75 Å². The Morgan fingerprint density at radius 1 is 1.19 bits per heavy atom. The van der Waals surface area contributed by atoms with E-state index in [0.29, 0.717) is 17.0 Å². The van der Waals surface area contributed by atoms with Crippen LogP contribution in [0.4, 0.5) is 5.69 Å². The van der Waals surface area contributed by atoms with Crippen molar-refractivity contribution in [1.82, 2.24) is 0 Å². The van der Waals surface area contributed by atoms with Gasteiger partial charge in [-0.1, -0.05) is 31.2 Å². The highest BCUT2D eigenvalue weighted by Crippen LogP contribution is 2.43. The number of nitrogens with zero attached hydrogens (tertiary/aromatic N) is 1. The predicted octanol–water partition coefficient (Wildman–Crippen LogP) is 4.19. The molecular formula is C22H23NO4. The number of Topliss-reactive ketones (excluding diaryl/α,β-unsaturated/α-hetero) is 1. The number of ketones is 1. The number of ether oxygens (including phenoxy) is 1. The van der Waals surface area contributed by atoms with Crippen molar-refractivity contribution in [3.63, 3.8) is 0 Å². The standard InChI is InChI=1S/C22H23NO4/c1-5-18(24)19-20(15-7-6-8-16(12-15)27-4)23(22(26)21(19)25)17-11-13(2)9-10-14(17)3/h6-12,20,25H,5H2,1-4H3. The minimum atomic E-state index is -0.694. The summed E-state index contributed by atoms with van der Waals surface area (Å²) in [6.07, 6.45) is 0.202. The zero-order chi connectivity index (χ0) is 19.7. The van der Waals surface area contributed by atoms with Gasteiger partial charge >= 0.3 is 0 Å². The van der Waals surface area contributed by atoms with E-state index in [1.54, 1.807) is 26.2 Å². The number of aryl methyl sites for hydroxylation is 2. The fourth-order valence-corrected chi connectivity index (χ4v) is 3.43. The van der Waals surface area contributed by atoms with Gasteiger partial charge in [0.25, 0.3) is 5.91 Å². The largest absolute Gasteiger partial charge is 0.503 e. The van der Waals surface area contributed by atoms with Crippen molar-refractivity contribution in [2.75, 3.05) is 12.0 Å². The van der Waals surface area contributed by atoms with Crippen molar-refractivity contribution in [1.29, 1.82) is 0 Å². The molecule has 1 heterocycles. The summed E-state index contributed by atoms with van der Waals surface area (Å²) in [7, 11) is 1.56. The molecule has 1 unspecified atom stereocenters. The Hall–Kier alpha value is -3.08. The van der Waals surface area contributed by atoms with Crippen LogP contribution < -0.4 is 9.64 Å². The van der Waals surface area contributed by atoms with Gasteiger partial charge in [-0.25, -0.2) is 0 Å². The number of aliphatic hydroxyl groups excluding tert-OH is 1. The summed E-state index contributed by atoms with van der Waals surface area (Å²) < 4.78 is 5.31. The van der Waals surface area contributed by atoms with Crippen LogP contribution >= 0.6 is 0 Å².